The molecule has 30 heavy (non-hydrogen) atoms. The standard InChI is InChI=1S/C21H24N6O2S/c1-16-6-7-18(17(2)15-16)30(28,29)27-13-11-26(12-14-27)21-9-8-20(24-25-21)23-19-5-3-4-10-22-19/h3-10,15H,11-14H2,1-2H3,(H,22,23,24). The molecule has 1 N–H and O–H groups in total. The van der Waals surface area contributed by atoms with E-state index in [0.29, 0.717) is 42.7 Å². The maximum atomic E-state index is 13.0. The fourth-order valence-electron chi connectivity index (χ4n) is 3.51. The van der Waals surface area contributed by atoms with Crippen LogP contribution in [-0.2, 0) is 10.0 Å². The van der Waals surface area contributed by atoms with Crippen molar-refractivity contribution < 1.29 is 8.42 Å². The molecule has 8 nitrogen and oxygen atoms in total. The molecule has 4 rings (SSSR count). The molecule has 0 radical (unpaired) electrons. The summed E-state index contributed by atoms with van der Waals surface area (Å²) in [6.45, 7) is 5.74. The van der Waals surface area contributed by atoms with E-state index in [1.165, 1.54) is 0 Å². The second kappa shape index (κ2) is 8.37. The van der Waals surface area contributed by atoms with Crippen molar-refractivity contribution in [2.75, 3.05) is 36.4 Å². The first kappa shape index (κ1) is 20.2. The minimum absolute atomic E-state index is 0.381. The Hall–Kier alpha value is -3.04. The quantitative estimate of drug-likeness (QED) is 0.673. The average molecular weight is 425 g/mol. The minimum Gasteiger partial charge on any atom is -0.352 e. The Morgan fingerprint density at radius 1 is 0.900 bits per heavy atom. The predicted molar refractivity (Wildman–Crippen MR) is 116 cm³/mol. The van der Waals surface area contributed by atoms with Gasteiger partial charge in [-0.05, 0) is 49.7 Å². The van der Waals surface area contributed by atoms with Crippen molar-refractivity contribution in [2.45, 2.75) is 18.7 Å². The third-order valence-electron chi connectivity index (χ3n) is 5.08. The molecule has 0 bridgehead atoms. The van der Waals surface area contributed by atoms with E-state index in [1.807, 2.05) is 61.2 Å². The zero-order valence-electron chi connectivity index (χ0n) is 17.0. The van der Waals surface area contributed by atoms with E-state index >= 15 is 0 Å². The number of aromatic nitrogens is 3. The van der Waals surface area contributed by atoms with E-state index in [1.54, 1.807) is 16.6 Å². The number of anilines is 3. The van der Waals surface area contributed by atoms with Crippen molar-refractivity contribution in [3.05, 3.63) is 65.9 Å². The van der Waals surface area contributed by atoms with Crippen LogP contribution < -0.4 is 10.2 Å². The Labute approximate surface area is 176 Å². The summed E-state index contributed by atoms with van der Waals surface area (Å²) in [7, 11) is -3.50. The molecule has 0 unspecified atom stereocenters. The molecule has 156 valence electrons. The number of pyridine rings is 1. The van der Waals surface area contributed by atoms with E-state index < -0.39 is 10.0 Å². The van der Waals surface area contributed by atoms with E-state index in [0.717, 1.165) is 16.9 Å². The van der Waals surface area contributed by atoms with Gasteiger partial charge in [-0.3, -0.25) is 0 Å². The number of hydrogen-bond acceptors (Lipinski definition) is 7. The van der Waals surface area contributed by atoms with Gasteiger partial charge in [-0.15, -0.1) is 10.2 Å². The lowest BCUT2D eigenvalue weighted by Gasteiger charge is -2.34. The van der Waals surface area contributed by atoms with Crippen molar-refractivity contribution in [1.29, 1.82) is 0 Å². The Morgan fingerprint density at radius 3 is 2.33 bits per heavy atom. The van der Waals surface area contributed by atoms with Crippen LogP contribution in [0.25, 0.3) is 0 Å². The van der Waals surface area contributed by atoms with Crippen LogP contribution in [0.1, 0.15) is 11.1 Å². The van der Waals surface area contributed by atoms with Crippen molar-refractivity contribution in [1.82, 2.24) is 19.5 Å². The summed E-state index contributed by atoms with van der Waals surface area (Å²) in [5, 5.41) is 11.6. The van der Waals surface area contributed by atoms with Gasteiger partial charge in [0.15, 0.2) is 11.6 Å². The maximum absolute atomic E-state index is 13.0. The number of benzene rings is 1. The van der Waals surface area contributed by atoms with Gasteiger partial charge in [-0.1, -0.05) is 23.8 Å². The van der Waals surface area contributed by atoms with E-state index in [4.69, 9.17) is 0 Å². The Morgan fingerprint density at radius 2 is 1.70 bits per heavy atom. The van der Waals surface area contributed by atoms with Crippen LogP contribution in [0.2, 0.25) is 0 Å². The third-order valence-corrected chi connectivity index (χ3v) is 7.14. The second-order valence-corrected chi connectivity index (χ2v) is 9.18. The molecule has 0 atom stereocenters. The van der Waals surface area contributed by atoms with Gasteiger partial charge in [-0.2, -0.15) is 4.31 Å². The number of aryl methyl sites for hydroxylation is 2. The molecule has 3 aromatic rings. The van der Waals surface area contributed by atoms with E-state index in [-0.39, 0.29) is 0 Å². The fourth-order valence-corrected chi connectivity index (χ4v) is 5.14. The predicted octanol–water partition coefficient (Wildman–Crippen LogP) is 2.74. The van der Waals surface area contributed by atoms with Crippen LogP contribution in [0.4, 0.5) is 17.5 Å². The molecule has 1 aromatic carbocycles. The van der Waals surface area contributed by atoms with Crippen molar-refractivity contribution in [2.24, 2.45) is 0 Å². The summed E-state index contributed by atoms with van der Waals surface area (Å²) in [6, 6.07) is 14.8. The van der Waals surface area contributed by atoms with Crippen LogP contribution in [-0.4, -0.2) is 54.1 Å². The Bertz CT molecular complexity index is 1110. The summed E-state index contributed by atoms with van der Waals surface area (Å²) in [5.74, 6) is 2.03. The molecule has 2 aromatic heterocycles. The number of piperazine rings is 1. The number of rotatable bonds is 5. The van der Waals surface area contributed by atoms with Crippen LogP contribution in [0, 0.1) is 13.8 Å². The smallest absolute Gasteiger partial charge is 0.243 e. The van der Waals surface area contributed by atoms with Gasteiger partial charge in [0.25, 0.3) is 0 Å². The second-order valence-electron chi connectivity index (χ2n) is 7.28. The first-order valence-corrected chi connectivity index (χ1v) is 11.2. The zero-order valence-corrected chi connectivity index (χ0v) is 17.8. The minimum atomic E-state index is -3.50. The first-order chi connectivity index (χ1) is 14.4. The number of nitrogens with zero attached hydrogens (tertiary/aromatic N) is 5. The SMILES string of the molecule is Cc1ccc(S(=O)(=O)N2CCN(c3ccc(Nc4ccccn4)nn3)CC2)c(C)c1. The largest absolute Gasteiger partial charge is 0.352 e. The molecule has 1 fully saturated rings. The molecular formula is C21H24N6O2S. The van der Waals surface area contributed by atoms with Gasteiger partial charge in [-0.25, -0.2) is 13.4 Å². The molecule has 9 heteroatoms. The number of nitrogens with one attached hydrogen (secondary N) is 1. The molecule has 0 spiro atoms. The summed E-state index contributed by atoms with van der Waals surface area (Å²) in [5.41, 5.74) is 1.83. The highest BCUT2D eigenvalue weighted by atomic mass is 32.2. The van der Waals surface area contributed by atoms with Gasteiger partial charge >= 0.3 is 0 Å². The third kappa shape index (κ3) is 4.27. The lowest BCUT2D eigenvalue weighted by Crippen LogP contribution is -2.49. The van der Waals surface area contributed by atoms with Gasteiger partial charge < -0.3 is 10.2 Å². The Kier molecular flexibility index (Phi) is 5.65. The average Bonchev–Trinajstić information content (AvgIpc) is 2.75. The van der Waals surface area contributed by atoms with Crippen LogP contribution >= 0.6 is 0 Å². The van der Waals surface area contributed by atoms with Crippen molar-refractivity contribution in [3.8, 4) is 0 Å². The van der Waals surface area contributed by atoms with Crippen LogP contribution in [0.15, 0.2) is 59.6 Å². The molecule has 0 saturated carbocycles. The number of sulfonamides is 1. The molecule has 0 aliphatic carbocycles. The van der Waals surface area contributed by atoms with Crippen molar-refractivity contribution >= 4 is 27.5 Å². The summed E-state index contributed by atoms with van der Waals surface area (Å²) in [4.78, 5) is 6.63. The van der Waals surface area contributed by atoms with E-state index in [9.17, 15) is 8.42 Å². The molecule has 0 amide bonds. The van der Waals surface area contributed by atoms with Gasteiger partial charge in [0.2, 0.25) is 10.0 Å². The molecular weight excluding hydrogens is 400 g/mol. The van der Waals surface area contributed by atoms with Gasteiger partial charge in [0.1, 0.15) is 5.82 Å². The van der Waals surface area contributed by atoms with Crippen LogP contribution in [0.3, 0.4) is 0 Å². The Balaban J connectivity index is 1.40. The molecule has 1 aliphatic heterocycles. The summed E-state index contributed by atoms with van der Waals surface area (Å²) < 4.78 is 27.6. The number of hydrogen-bond donors (Lipinski definition) is 1. The normalized spacial score (nSPS) is 15.2. The topological polar surface area (TPSA) is 91.3 Å². The van der Waals surface area contributed by atoms with Gasteiger partial charge in [0, 0.05) is 32.4 Å². The molecule has 1 saturated heterocycles. The van der Waals surface area contributed by atoms with Crippen molar-refractivity contribution in [3.63, 3.8) is 0 Å². The lowest BCUT2D eigenvalue weighted by molar-refractivity contribution is 0.383. The highest BCUT2D eigenvalue weighted by molar-refractivity contribution is 7.89. The zero-order chi connectivity index (χ0) is 21.1. The molecule has 3 heterocycles. The highest BCUT2D eigenvalue weighted by Crippen LogP contribution is 2.23. The molecule has 1 aliphatic rings. The summed E-state index contributed by atoms with van der Waals surface area (Å²) in [6.07, 6.45) is 1.70. The van der Waals surface area contributed by atoms with Gasteiger partial charge in [0.05, 0.1) is 4.90 Å². The first-order valence-electron chi connectivity index (χ1n) is 9.77. The highest BCUT2D eigenvalue weighted by Gasteiger charge is 2.30. The van der Waals surface area contributed by atoms with E-state index in [2.05, 4.69) is 20.5 Å². The summed E-state index contributed by atoms with van der Waals surface area (Å²) >= 11 is 0. The fraction of sp³-hybridized carbons (Fsp3) is 0.286. The maximum Gasteiger partial charge on any atom is 0.243 e. The monoisotopic (exact) mass is 424 g/mol. The van der Waals surface area contributed by atoms with Crippen LogP contribution in [0.5, 0.6) is 0 Å². The lowest BCUT2D eigenvalue weighted by atomic mass is 10.2.